The molecule has 0 fully saturated rings. The van der Waals surface area contributed by atoms with Crippen LogP contribution in [0.1, 0.15) is 412 Å². The van der Waals surface area contributed by atoms with E-state index in [1.807, 2.05) is 42.5 Å². The van der Waals surface area contributed by atoms with Crippen molar-refractivity contribution >= 4 is 23.6 Å². The zero-order valence-electron chi connectivity index (χ0n) is 73.1. The number of unbranched alkanes of at least 4 members (excludes halogenated alkanes) is 29. The first-order valence-electron chi connectivity index (χ1n) is 43.7. The van der Waals surface area contributed by atoms with Crippen molar-refractivity contribution in [2.45, 2.75) is 401 Å². The lowest BCUT2D eigenvalue weighted by molar-refractivity contribution is -0.132. The molecule has 3 N–H and O–H groups in total. The Morgan fingerprint density at radius 2 is 0.670 bits per heavy atom. The first-order valence-corrected chi connectivity index (χ1v) is 43.7. The Morgan fingerprint density at radius 3 is 1.05 bits per heavy atom. The molecule has 0 aliphatic rings. The molecule has 3 aromatic rings. The van der Waals surface area contributed by atoms with Crippen molar-refractivity contribution in [3.05, 3.63) is 119 Å². The summed E-state index contributed by atoms with van der Waals surface area (Å²) in [5, 5.41) is 9.04. The van der Waals surface area contributed by atoms with Gasteiger partial charge >= 0.3 is 0 Å². The van der Waals surface area contributed by atoms with Gasteiger partial charge in [0.05, 0.1) is 0 Å². The van der Waals surface area contributed by atoms with E-state index in [9.17, 15) is 19.2 Å². The quantitative estimate of drug-likeness (QED) is 0.0386. The van der Waals surface area contributed by atoms with Crippen molar-refractivity contribution in [2.24, 2.45) is 21.7 Å². The lowest BCUT2D eigenvalue weighted by Gasteiger charge is -2.25. The second-order valence-corrected chi connectivity index (χ2v) is 36.2. The third kappa shape index (κ3) is 65.8. The molecule has 106 heavy (non-hydrogen) atoms. The van der Waals surface area contributed by atoms with E-state index in [1.54, 1.807) is 0 Å². The normalized spacial score (nSPS) is 11.9. The Hall–Kier alpha value is -5.24. The summed E-state index contributed by atoms with van der Waals surface area (Å²) in [5.74, 6) is 0.756. The molecule has 0 saturated carbocycles. The number of nitrogens with zero attached hydrogens (tertiary/aromatic N) is 1. The van der Waals surface area contributed by atoms with E-state index in [-0.39, 0.29) is 39.4 Å². The summed E-state index contributed by atoms with van der Waals surface area (Å²) in [6, 6.07) is 26.6. The monoisotopic (exact) mass is 1470 g/mol. The van der Waals surface area contributed by atoms with Gasteiger partial charge in [-0.15, -0.1) is 0 Å². The summed E-state index contributed by atoms with van der Waals surface area (Å²) in [7, 11) is 0. The fraction of sp³-hybridized carbons (Fsp3) is 0.714. The van der Waals surface area contributed by atoms with Gasteiger partial charge in [0, 0.05) is 57.5 Å². The number of carbonyl (C=O) groups is 4. The lowest BCUT2D eigenvalue weighted by Crippen LogP contribution is -2.33. The number of hydrogen-bond acceptors (Lipinski definition) is 4. The summed E-state index contributed by atoms with van der Waals surface area (Å²) in [4.78, 5) is 50.7. The SMILES string of the molecule is CC(C)(C)CNC(=O)c1ccc(-c2ccc(-c3ccccc3)cc2)cc1.CC(C)=CCC/C(C)=C/CC/C(C)=C/CNC(=O)CCC(C)(C)C.CCCCCCCCCCCCCCCCCCNC(=O)CCC(C)(C)C.CCCCCCCCCCN(CCCCCCCCCC)C(=O)CCC(C)(C)C. The van der Waals surface area contributed by atoms with Crippen LogP contribution in [0.4, 0.5) is 0 Å². The first kappa shape index (κ1) is 101. The molecule has 0 bridgehead atoms. The van der Waals surface area contributed by atoms with Crippen molar-refractivity contribution < 1.29 is 19.2 Å². The van der Waals surface area contributed by atoms with Crippen LogP contribution >= 0.6 is 0 Å². The van der Waals surface area contributed by atoms with Crippen LogP contribution in [0.2, 0.25) is 0 Å². The molecule has 0 unspecified atom stereocenters. The standard InChI is InChI=1S/C27H55NO.C25H51NO.C24H25NO.C22H39NO/c1-6-8-10-12-14-16-18-20-24-28(26(29)22-23-27(3,4)5)25-21-19-17-15-13-11-9-7-2;1-5-6-7-8-9-10-11-12-13-14-15-16-17-18-19-20-23-26-24(27)21-22-25(2,3)4;1-24(2,3)17-25-23(26)22-15-13-21(14-16-22)20-11-9-19(10-12-20)18-7-5-4-6-8-18;1-18(2)10-8-11-19(3)12-9-13-20(4)15-17-23-21(24)14-16-22(5,6)7/h6-25H2,1-5H3;5-23H2,1-4H3,(H,26,27);4-16H,17H2,1-3H3,(H,25,26);10,12,15H,8-9,11,13-14,16-17H2,1-7H3,(H,23,24)/b;;;19-12+,20-15+. The van der Waals surface area contributed by atoms with Crippen LogP contribution in [0.5, 0.6) is 0 Å². The van der Waals surface area contributed by atoms with Gasteiger partial charge in [-0.3, -0.25) is 19.2 Å². The van der Waals surface area contributed by atoms with Crippen LogP contribution in [0, 0.1) is 21.7 Å². The van der Waals surface area contributed by atoms with E-state index in [2.05, 4.69) is 207 Å². The Labute approximate surface area is 657 Å². The summed E-state index contributed by atoms with van der Waals surface area (Å²) in [6.07, 6.45) is 59.7. The second kappa shape index (κ2) is 63.5. The molecular weight excluding hydrogens is 1300 g/mol. The fourth-order valence-corrected chi connectivity index (χ4v) is 12.4. The summed E-state index contributed by atoms with van der Waals surface area (Å²) < 4.78 is 0. The largest absolute Gasteiger partial charge is 0.356 e. The number of nitrogens with one attached hydrogen (secondary N) is 3. The van der Waals surface area contributed by atoms with Gasteiger partial charge in [0.25, 0.3) is 5.91 Å². The van der Waals surface area contributed by atoms with Gasteiger partial charge in [0.1, 0.15) is 0 Å². The zero-order chi connectivity index (χ0) is 79.2. The van der Waals surface area contributed by atoms with Gasteiger partial charge in [0.15, 0.2) is 0 Å². The number of amides is 4. The molecule has 3 aromatic carbocycles. The molecule has 606 valence electrons. The van der Waals surface area contributed by atoms with Crippen molar-refractivity contribution in [3.8, 4) is 22.3 Å². The fourth-order valence-electron chi connectivity index (χ4n) is 12.4. The van der Waals surface area contributed by atoms with Gasteiger partial charge in [-0.2, -0.15) is 0 Å². The second-order valence-electron chi connectivity index (χ2n) is 36.2. The molecule has 0 aromatic heterocycles. The molecule has 8 heteroatoms. The maximum absolute atomic E-state index is 12.8. The first-order chi connectivity index (χ1) is 50.4. The highest BCUT2D eigenvalue weighted by atomic mass is 16.2. The van der Waals surface area contributed by atoms with Gasteiger partial charge < -0.3 is 20.9 Å². The summed E-state index contributed by atoms with van der Waals surface area (Å²) in [6.45, 7) is 45.7. The predicted molar refractivity (Wildman–Crippen MR) is 468 cm³/mol. The van der Waals surface area contributed by atoms with Crippen LogP contribution in [-0.4, -0.2) is 61.3 Å². The zero-order valence-corrected chi connectivity index (χ0v) is 73.1. The van der Waals surface area contributed by atoms with Crippen LogP contribution in [-0.2, 0) is 14.4 Å². The van der Waals surface area contributed by atoms with Crippen molar-refractivity contribution in [2.75, 3.05) is 32.7 Å². The number of benzene rings is 3. The summed E-state index contributed by atoms with van der Waals surface area (Å²) in [5.41, 5.74) is 10.4. The number of hydrogen-bond donors (Lipinski definition) is 3. The average Bonchev–Trinajstić information content (AvgIpc) is 0.835. The van der Waals surface area contributed by atoms with Gasteiger partial charge in [-0.05, 0) is 148 Å². The molecule has 0 aliphatic carbocycles. The Bertz CT molecular complexity index is 2680. The molecule has 8 nitrogen and oxygen atoms in total. The Kier molecular flexibility index (Phi) is 60.4. The molecule has 3 rings (SSSR count). The summed E-state index contributed by atoms with van der Waals surface area (Å²) >= 11 is 0. The van der Waals surface area contributed by atoms with Crippen molar-refractivity contribution in [1.29, 1.82) is 0 Å². The smallest absolute Gasteiger partial charge is 0.251 e. The van der Waals surface area contributed by atoms with E-state index in [0.717, 1.165) is 88.5 Å². The minimum atomic E-state index is -0.0223. The van der Waals surface area contributed by atoms with E-state index in [0.29, 0.717) is 37.4 Å². The Balaban J connectivity index is 0.00000139. The maximum Gasteiger partial charge on any atom is 0.251 e. The van der Waals surface area contributed by atoms with E-state index in [1.165, 1.54) is 227 Å². The number of rotatable bonds is 53. The third-order valence-corrected chi connectivity index (χ3v) is 19.7. The highest BCUT2D eigenvalue weighted by molar-refractivity contribution is 5.94. The van der Waals surface area contributed by atoms with Crippen molar-refractivity contribution in [1.82, 2.24) is 20.9 Å². The molecule has 0 heterocycles. The highest BCUT2D eigenvalue weighted by Crippen LogP contribution is 2.27. The predicted octanol–water partition coefficient (Wildman–Crippen LogP) is 29.3. The Morgan fingerprint density at radius 1 is 0.340 bits per heavy atom. The topological polar surface area (TPSA) is 108 Å². The highest BCUT2D eigenvalue weighted by Gasteiger charge is 2.19. The molecule has 0 spiro atoms. The van der Waals surface area contributed by atoms with Crippen molar-refractivity contribution in [3.63, 3.8) is 0 Å². The third-order valence-electron chi connectivity index (χ3n) is 19.7. The molecule has 0 aliphatic heterocycles. The number of allylic oxidation sites excluding steroid dienone is 5. The maximum atomic E-state index is 12.8. The molecule has 4 amide bonds. The van der Waals surface area contributed by atoms with Crippen LogP contribution in [0.15, 0.2) is 114 Å². The number of carbonyl (C=O) groups excluding carboxylic acids is 4. The van der Waals surface area contributed by atoms with Crippen LogP contribution < -0.4 is 16.0 Å². The van der Waals surface area contributed by atoms with Crippen LogP contribution in [0.25, 0.3) is 22.3 Å². The molecule has 0 radical (unpaired) electrons. The van der Waals surface area contributed by atoms with Crippen LogP contribution in [0.3, 0.4) is 0 Å². The van der Waals surface area contributed by atoms with Gasteiger partial charge in [0.2, 0.25) is 17.7 Å². The van der Waals surface area contributed by atoms with E-state index in [4.69, 9.17) is 0 Å². The molecule has 0 saturated heterocycles. The minimum absolute atomic E-state index is 0.0223. The van der Waals surface area contributed by atoms with E-state index >= 15 is 0 Å². The molecule has 0 atom stereocenters. The van der Waals surface area contributed by atoms with E-state index < -0.39 is 0 Å². The minimum Gasteiger partial charge on any atom is -0.356 e. The van der Waals surface area contributed by atoms with Gasteiger partial charge in [-0.25, -0.2) is 0 Å². The van der Waals surface area contributed by atoms with Gasteiger partial charge in [-0.1, -0.05) is 392 Å². The lowest BCUT2D eigenvalue weighted by atomic mass is 9.90. The molecular formula is C98H170N4O4. The average molecular weight is 1470 g/mol.